The molecule has 2 unspecified atom stereocenters. The van der Waals surface area contributed by atoms with Crippen LogP contribution in [-0.2, 0) is 19.1 Å². The molecule has 1 amide bonds. The van der Waals surface area contributed by atoms with E-state index in [0.29, 0.717) is 23.6 Å². The summed E-state index contributed by atoms with van der Waals surface area (Å²) in [6, 6.07) is 5.36. The van der Waals surface area contributed by atoms with E-state index in [0.717, 1.165) is 0 Å². The van der Waals surface area contributed by atoms with E-state index in [1.807, 2.05) is 0 Å². The first-order valence-electron chi connectivity index (χ1n) is 8.03. The summed E-state index contributed by atoms with van der Waals surface area (Å²) in [5, 5.41) is 2.92. The molecule has 9 heteroatoms. The molecule has 140 valence electrons. The van der Waals surface area contributed by atoms with Gasteiger partial charge < -0.3 is 19.5 Å². The topological polar surface area (TPSA) is 90.9 Å². The number of esters is 2. The van der Waals surface area contributed by atoms with Crippen LogP contribution < -0.4 is 10.1 Å². The number of ether oxygens (including phenoxy) is 3. The number of benzene rings is 1. The molecule has 0 radical (unpaired) electrons. The van der Waals surface area contributed by atoms with E-state index in [-0.39, 0.29) is 36.0 Å². The molecule has 0 spiro atoms. The van der Waals surface area contributed by atoms with Gasteiger partial charge in [0.15, 0.2) is 0 Å². The Morgan fingerprint density at radius 1 is 1.04 bits per heavy atom. The van der Waals surface area contributed by atoms with Crippen molar-refractivity contribution in [3.63, 3.8) is 0 Å². The Morgan fingerprint density at radius 2 is 1.65 bits per heavy atom. The first-order valence-corrected chi connectivity index (χ1v) is 8.41. The molecule has 0 aliphatic carbocycles. The second-order valence-electron chi connectivity index (χ2n) is 5.07. The van der Waals surface area contributed by atoms with Gasteiger partial charge in [-0.2, -0.15) is 0 Å². The van der Waals surface area contributed by atoms with Crippen LogP contribution in [0.15, 0.2) is 24.3 Å². The van der Waals surface area contributed by atoms with Crippen LogP contribution >= 0.6 is 11.6 Å². The molecule has 2 atom stereocenters. The van der Waals surface area contributed by atoms with E-state index in [1.165, 1.54) is 0 Å². The van der Waals surface area contributed by atoms with Gasteiger partial charge in [-0.25, -0.2) is 9.59 Å². The molecule has 0 saturated heterocycles. The number of alkyl carbamates (subject to hydrolysis) is 1. The van der Waals surface area contributed by atoms with Gasteiger partial charge in [0, 0.05) is 17.9 Å². The van der Waals surface area contributed by atoms with Gasteiger partial charge in [-0.15, -0.1) is 0 Å². The van der Waals surface area contributed by atoms with Gasteiger partial charge in [0.1, 0.15) is 11.8 Å². The summed E-state index contributed by atoms with van der Waals surface area (Å²) in [5.41, 5.74) is 0. The van der Waals surface area contributed by atoms with Crippen LogP contribution in [0.5, 0.6) is 5.75 Å². The van der Waals surface area contributed by atoms with Gasteiger partial charge >= 0.3 is 47.6 Å². The molecule has 1 rings (SSSR count). The third kappa shape index (κ3) is 8.89. The minimum absolute atomic E-state index is 0. The van der Waals surface area contributed by atoms with Gasteiger partial charge in [-0.3, -0.25) is 4.79 Å². The number of halogens is 1. The van der Waals surface area contributed by atoms with Crippen molar-refractivity contribution in [3.8, 4) is 5.75 Å². The summed E-state index contributed by atoms with van der Waals surface area (Å²) in [6.45, 7) is 5.05. The third-order valence-corrected chi connectivity index (χ3v) is 3.39. The molecule has 0 saturated carbocycles. The fourth-order valence-electron chi connectivity index (χ4n) is 1.73. The minimum atomic E-state index is -1.00. The van der Waals surface area contributed by atoms with Crippen LogP contribution in [0.2, 0.25) is 5.02 Å². The summed E-state index contributed by atoms with van der Waals surface area (Å²) < 4.78 is 15.1. The Labute approximate surface area is 180 Å². The Kier molecular flexibility index (Phi) is 12.3. The molecule has 0 aliphatic rings. The van der Waals surface area contributed by atoms with Crippen molar-refractivity contribution in [2.45, 2.75) is 52.4 Å². The van der Waals surface area contributed by atoms with E-state index >= 15 is 0 Å². The van der Waals surface area contributed by atoms with Crippen LogP contribution in [0, 0.1) is 0 Å². The first-order chi connectivity index (χ1) is 11.9. The van der Waals surface area contributed by atoms with Crippen molar-refractivity contribution in [2.75, 3.05) is 0 Å². The Bertz CT molecular complexity index is 595. The standard InChI is InChI=1S/C17H22ClNO6.Na.H/c1-4-13(16(21)23-12-9-7-11(18)8-10-12)19-17(22)25-15(6-3)24-14(20)5-2;;/h7-10,13,15H,4-6H2,1-3H3,(H,19,22);;. The van der Waals surface area contributed by atoms with Crippen molar-refractivity contribution in [1.82, 2.24) is 5.32 Å². The van der Waals surface area contributed by atoms with Crippen LogP contribution in [-0.4, -0.2) is 59.9 Å². The Hall–Kier alpha value is -1.28. The zero-order chi connectivity index (χ0) is 18.8. The van der Waals surface area contributed by atoms with Crippen LogP contribution in [0.4, 0.5) is 4.79 Å². The summed E-state index contributed by atoms with van der Waals surface area (Å²) >= 11 is 5.77. The predicted octanol–water partition coefficient (Wildman–Crippen LogP) is 2.79. The van der Waals surface area contributed by atoms with Crippen LogP contribution in [0.1, 0.15) is 40.0 Å². The molecule has 0 bridgehead atoms. The van der Waals surface area contributed by atoms with Crippen molar-refractivity contribution >= 4 is 59.2 Å². The van der Waals surface area contributed by atoms with Crippen molar-refractivity contribution < 1.29 is 28.6 Å². The van der Waals surface area contributed by atoms with Crippen LogP contribution in [0.25, 0.3) is 0 Å². The van der Waals surface area contributed by atoms with Crippen molar-refractivity contribution in [3.05, 3.63) is 29.3 Å². The van der Waals surface area contributed by atoms with Gasteiger partial charge in [-0.1, -0.05) is 32.4 Å². The third-order valence-electron chi connectivity index (χ3n) is 3.14. The molecular formula is C17H23ClNNaO6. The average Bonchev–Trinajstić information content (AvgIpc) is 2.60. The fraction of sp³-hybridized carbons (Fsp3) is 0.471. The number of carbonyl (C=O) groups is 3. The SMILES string of the molecule is CCC(=O)OC(CC)OC(=O)NC(CC)C(=O)Oc1ccc(Cl)cc1.[NaH]. The first kappa shape index (κ1) is 24.7. The molecule has 7 nitrogen and oxygen atoms in total. The van der Waals surface area contributed by atoms with E-state index < -0.39 is 30.4 Å². The molecule has 1 N–H and O–H groups in total. The van der Waals surface area contributed by atoms with E-state index in [4.69, 9.17) is 25.8 Å². The van der Waals surface area contributed by atoms with Gasteiger partial charge in [0.2, 0.25) is 6.29 Å². The zero-order valence-electron chi connectivity index (χ0n) is 14.4. The van der Waals surface area contributed by atoms with Gasteiger partial charge in [0.05, 0.1) is 0 Å². The number of rotatable bonds is 8. The molecule has 0 heterocycles. The summed E-state index contributed by atoms with van der Waals surface area (Å²) in [4.78, 5) is 35.3. The maximum absolute atomic E-state index is 12.1. The molecule has 0 aromatic heterocycles. The molecule has 0 fully saturated rings. The van der Waals surface area contributed by atoms with Crippen molar-refractivity contribution in [2.24, 2.45) is 0 Å². The Morgan fingerprint density at radius 3 is 2.15 bits per heavy atom. The maximum atomic E-state index is 12.1. The quantitative estimate of drug-likeness (QED) is 0.315. The number of carbonyl (C=O) groups excluding carboxylic acids is 3. The molecule has 26 heavy (non-hydrogen) atoms. The van der Waals surface area contributed by atoms with Crippen molar-refractivity contribution in [1.29, 1.82) is 0 Å². The average molecular weight is 396 g/mol. The number of nitrogens with one attached hydrogen (secondary N) is 1. The van der Waals surface area contributed by atoms with E-state index in [1.54, 1.807) is 45.0 Å². The zero-order valence-corrected chi connectivity index (χ0v) is 15.2. The fourth-order valence-corrected chi connectivity index (χ4v) is 1.86. The monoisotopic (exact) mass is 395 g/mol. The predicted molar refractivity (Wildman–Crippen MR) is 98.4 cm³/mol. The molecular weight excluding hydrogens is 373 g/mol. The number of hydrogen-bond acceptors (Lipinski definition) is 6. The summed E-state index contributed by atoms with van der Waals surface area (Å²) in [6.07, 6.45) is -1.10. The van der Waals surface area contributed by atoms with Crippen LogP contribution in [0.3, 0.4) is 0 Å². The normalized spacial score (nSPS) is 12.2. The second-order valence-corrected chi connectivity index (χ2v) is 5.50. The number of amides is 1. The molecule has 1 aromatic carbocycles. The van der Waals surface area contributed by atoms with E-state index in [9.17, 15) is 14.4 Å². The molecule has 1 aromatic rings. The van der Waals surface area contributed by atoms with Gasteiger partial charge in [0.25, 0.3) is 0 Å². The second kappa shape index (κ2) is 13.0. The number of hydrogen-bond donors (Lipinski definition) is 1. The Balaban J connectivity index is 0.00000625. The summed E-state index contributed by atoms with van der Waals surface area (Å²) in [5.74, 6) is -0.805. The van der Waals surface area contributed by atoms with Gasteiger partial charge in [-0.05, 0) is 30.7 Å². The summed E-state index contributed by atoms with van der Waals surface area (Å²) in [7, 11) is 0. The van der Waals surface area contributed by atoms with E-state index in [2.05, 4.69) is 5.32 Å². The molecule has 0 aliphatic heterocycles.